The Kier molecular flexibility index (Phi) is 5.96. The maximum Gasteiger partial charge on any atom is 0.252 e. The Bertz CT molecular complexity index is 607. The van der Waals surface area contributed by atoms with E-state index >= 15 is 0 Å². The summed E-state index contributed by atoms with van der Waals surface area (Å²) in [7, 11) is -1.53. The highest BCUT2D eigenvalue weighted by atomic mass is 32.2. The van der Waals surface area contributed by atoms with Crippen LogP contribution in [-0.2, 0) is 21.2 Å². The number of hydrogen-bond acceptors (Lipinski definition) is 5. The molecule has 0 saturated carbocycles. The van der Waals surface area contributed by atoms with Crippen LogP contribution in [0.5, 0.6) is 0 Å². The number of nitrogens with one attached hydrogen (secondary N) is 2. The number of rotatable bonds is 7. The van der Waals surface area contributed by atoms with Gasteiger partial charge in [-0.2, -0.15) is 4.31 Å². The first-order valence-corrected chi connectivity index (χ1v) is 9.72. The lowest BCUT2D eigenvalue weighted by molar-refractivity contribution is -0.120. The average Bonchev–Trinajstić information content (AvgIpc) is 3.16. The zero-order chi connectivity index (χ0) is 16.2. The molecule has 124 valence electrons. The van der Waals surface area contributed by atoms with Crippen molar-refractivity contribution in [1.82, 2.24) is 14.9 Å². The summed E-state index contributed by atoms with van der Waals surface area (Å²) in [4.78, 5) is 12.6. The molecule has 8 heteroatoms. The van der Waals surface area contributed by atoms with Crippen molar-refractivity contribution >= 4 is 27.3 Å². The van der Waals surface area contributed by atoms with Crippen LogP contribution in [0.1, 0.15) is 24.6 Å². The van der Waals surface area contributed by atoms with Gasteiger partial charge in [0.15, 0.2) is 0 Å². The second-order valence-electron chi connectivity index (χ2n) is 5.50. The van der Waals surface area contributed by atoms with Crippen molar-refractivity contribution in [3.63, 3.8) is 0 Å². The van der Waals surface area contributed by atoms with Gasteiger partial charge < -0.3 is 10.6 Å². The van der Waals surface area contributed by atoms with Crippen molar-refractivity contribution in [3.05, 3.63) is 17.0 Å². The van der Waals surface area contributed by atoms with Crippen LogP contribution in [-0.4, -0.2) is 51.4 Å². The zero-order valence-corrected chi connectivity index (χ0v) is 14.6. The Balaban J connectivity index is 1.95. The molecule has 1 aliphatic rings. The number of sulfonamides is 1. The molecule has 6 nitrogen and oxygen atoms in total. The minimum atomic E-state index is -3.37. The molecule has 0 spiro atoms. The van der Waals surface area contributed by atoms with Crippen molar-refractivity contribution < 1.29 is 13.2 Å². The predicted octanol–water partition coefficient (Wildman–Crippen LogP) is 0.799. The van der Waals surface area contributed by atoms with Crippen molar-refractivity contribution in [2.45, 2.75) is 36.4 Å². The van der Waals surface area contributed by atoms with E-state index in [4.69, 9.17) is 0 Å². The topological polar surface area (TPSA) is 78.5 Å². The molecular formula is C14H23N3O3S2. The highest BCUT2D eigenvalue weighted by Crippen LogP contribution is 2.27. The first-order chi connectivity index (χ1) is 10.4. The fraction of sp³-hybridized carbons (Fsp3) is 0.643. The SMILES string of the molecule is CNC(C)CNC(=O)Cc1ccc(S(=O)(=O)N2CCCC2)s1. The van der Waals surface area contributed by atoms with Crippen molar-refractivity contribution in [3.8, 4) is 0 Å². The van der Waals surface area contributed by atoms with Crippen LogP contribution in [0.4, 0.5) is 0 Å². The maximum atomic E-state index is 12.4. The molecule has 2 rings (SSSR count). The molecule has 1 unspecified atom stereocenters. The van der Waals surface area contributed by atoms with Crippen molar-refractivity contribution in [2.24, 2.45) is 0 Å². The van der Waals surface area contributed by atoms with E-state index in [0.29, 0.717) is 23.8 Å². The van der Waals surface area contributed by atoms with Crippen molar-refractivity contribution in [2.75, 3.05) is 26.7 Å². The van der Waals surface area contributed by atoms with Crippen LogP contribution in [0, 0.1) is 0 Å². The quantitative estimate of drug-likeness (QED) is 0.766. The largest absolute Gasteiger partial charge is 0.354 e. The Morgan fingerprint density at radius 3 is 2.68 bits per heavy atom. The van der Waals surface area contributed by atoms with Crippen LogP contribution < -0.4 is 10.6 Å². The molecule has 1 saturated heterocycles. The number of likely N-dealkylation sites (N-methyl/N-ethyl adjacent to an activating group) is 1. The third-order valence-corrected chi connectivity index (χ3v) is 7.18. The molecule has 1 aliphatic heterocycles. The Labute approximate surface area is 135 Å². The highest BCUT2D eigenvalue weighted by Gasteiger charge is 2.28. The summed E-state index contributed by atoms with van der Waals surface area (Å²) in [5.41, 5.74) is 0. The lowest BCUT2D eigenvalue weighted by Gasteiger charge is -2.13. The zero-order valence-electron chi connectivity index (χ0n) is 13.0. The molecular weight excluding hydrogens is 322 g/mol. The molecule has 0 radical (unpaired) electrons. The Morgan fingerprint density at radius 1 is 1.36 bits per heavy atom. The van der Waals surface area contributed by atoms with Gasteiger partial charge in [-0.15, -0.1) is 11.3 Å². The number of thiophene rings is 1. The van der Waals surface area contributed by atoms with E-state index in [0.717, 1.165) is 17.7 Å². The summed E-state index contributed by atoms with van der Waals surface area (Å²) in [6.07, 6.45) is 2.06. The average molecular weight is 345 g/mol. The number of carbonyl (C=O) groups excluding carboxylic acids is 1. The van der Waals surface area contributed by atoms with Gasteiger partial charge in [0.05, 0.1) is 6.42 Å². The Hall–Kier alpha value is -0.960. The number of nitrogens with zero attached hydrogens (tertiary/aromatic N) is 1. The van der Waals surface area contributed by atoms with Gasteiger partial charge in [-0.25, -0.2) is 8.42 Å². The maximum absolute atomic E-state index is 12.4. The second-order valence-corrected chi connectivity index (χ2v) is 8.84. The molecule has 1 aromatic rings. The van der Waals surface area contributed by atoms with Gasteiger partial charge in [0.2, 0.25) is 5.91 Å². The van der Waals surface area contributed by atoms with Crippen LogP contribution >= 0.6 is 11.3 Å². The number of hydrogen-bond donors (Lipinski definition) is 2. The fourth-order valence-electron chi connectivity index (χ4n) is 2.24. The van der Waals surface area contributed by atoms with Gasteiger partial charge in [0.25, 0.3) is 10.0 Å². The molecule has 1 aromatic heterocycles. The second kappa shape index (κ2) is 7.54. The lowest BCUT2D eigenvalue weighted by atomic mass is 10.3. The monoisotopic (exact) mass is 345 g/mol. The molecule has 2 N–H and O–H groups in total. The molecule has 2 heterocycles. The third-order valence-electron chi connectivity index (χ3n) is 3.73. The van der Waals surface area contributed by atoms with Gasteiger partial charge in [-0.1, -0.05) is 0 Å². The summed E-state index contributed by atoms with van der Waals surface area (Å²) < 4.78 is 26.7. The molecule has 1 amide bonds. The lowest BCUT2D eigenvalue weighted by Crippen LogP contribution is -2.37. The molecule has 1 fully saturated rings. The first kappa shape index (κ1) is 17.4. The van der Waals surface area contributed by atoms with E-state index in [1.807, 2.05) is 14.0 Å². The highest BCUT2D eigenvalue weighted by molar-refractivity contribution is 7.91. The van der Waals surface area contributed by atoms with E-state index in [2.05, 4.69) is 10.6 Å². The van der Waals surface area contributed by atoms with Gasteiger partial charge in [-0.05, 0) is 38.9 Å². The molecule has 1 atom stereocenters. The number of amides is 1. The van der Waals surface area contributed by atoms with Crippen LogP contribution in [0.3, 0.4) is 0 Å². The summed E-state index contributed by atoms with van der Waals surface area (Å²) >= 11 is 1.19. The first-order valence-electron chi connectivity index (χ1n) is 7.46. The normalized spacial score (nSPS) is 17.5. The molecule has 0 aromatic carbocycles. The van der Waals surface area contributed by atoms with E-state index in [1.165, 1.54) is 15.6 Å². The molecule has 22 heavy (non-hydrogen) atoms. The van der Waals surface area contributed by atoms with Crippen LogP contribution in [0.25, 0.3) is 0 Å². The smallest absolute Gasteiger partial charge is 0.252 e. The summed E-state index contributed by atoms with van der Waals surface area (Å²) in [6, 6.07) is 3.55. The Morgan fingerprint density at radius 2 is 2.05 bits per heavy atom. The molecule has 0 bridgehead atoms. The van der Waals surface area contributed by atoms with E-state index in [-0.39, 0.29) is 18.4 Å². The van der Waals surface area contributed by atoms with Gasteiger partial charge >= 0.3 is 0 Å². The van der Waals surface area contributed by atoms with Gasteiger partial charge in [0, 0.05) is 30.6 Å². The van der Waals surface area contributed by atoms with Gasteiger partial charge in [0.1, 0.15) is 4.21 Å². The fourth-order valence-corrected chi connectivity index (χ4v) is 5.26. The van der Waals surface area contributed by atoms with E-state index < -0.39 is 10.0 Å². The summed E-state index contributed by atoms with van der Waals surface area (Å²) in [5, 5.41) is 5.87. The van der Waals surface area contributed by atoms with E-state index in [9.17, 15) is 13.2 Å². The summed E-state index contributed by atoms with van der Waals surface area (Å²) in [6.45, 7) is 3.72. The van der Waals surface area contributed by atoms with Crippen LogP contribution in [0.15, 0.2) is 16.3 Å². The van der Waals surface area contributed by atoms with Gasteiger partial charge in [-0.3, -0.25) is 4.79 Å². The standard InChI is InChI=1S/C14H23N3O3S2/c1-11(15-2)10-16-13(18)9-12-5-6-14(21-12)22(19,20)17-7-3-4-8-17/h5-6,11,15H,3-4,7-10H2,1-2H3,(H,16,18). The van der Waals surface area contributed by atoms with E-state index in [1.54, 1.807) is 12.1 Å². The van der Waals surface area contributed by atoms with Crippen molar-refractivity contribution in [1.29, 1.82) is 0 Å². The summed E-state index contributed by atoms with van der Waals surface area (Å²) in [5.74, 6) is -0.0888. The predicted molar refractivity (Wildman–Crippen MR) is 87.5 cm³/mol. The molecule has 0 aliphatic carbocycles. The van der Waals surface area contributed by atoms with Crippen LogP contribution in [0.2, 0.25) is 0 Å². The number of carbonyl (C=O) groups is 1. The minimum Gasteiger partial charge on any atom is -0.354 e. The third kappa shape index (κ3) is 4.28. The minimum absolute atomic E-state index is 0.0888.